The third kappa shape index (κ3) is 2.77. The van der Waals surface area contributed by atoms with Crippen molar-refractivity contribution in [1.82, 2.24) is 4.90 Å². The van der Waals surface area contributed by atoms with Gasteiger partial charge in [0.1, 0.15) is 5.76 Å². The van der Waals surface area contributed by atoms with Crippen LogP contribution in [0.25, 0.3) is 0 Å². The van der Waals surface area contributed by atoms with Crippen molar-refractivity contribution in [3.8, 4) is 0 Å². The highest BCUT2D eigenvalue weighted by atomic mass is 79.9. The van der Waals surface area contributed by atoms with Gasteiger partial charge < -0.3 is 9.32 Å². The molecule has 2 aromatic heterocycles. The first-order valence-electron chi connectivity index (χ1n) is 6.16. The Balaban J connectivity index is 1.59. The van der Waals surface area contributed by atoms with E-state index in [0.717, 1.165) is 16.0 Å². The minimum atomic E-state index is 0.0956. The van der Waals surface area contributed by atoms with Crippen molar-refractivity contribution in [3.63, 3.8) is 0 Å². The van der Waals surface area contributed by atoms with Crippen LogP contribution in [0.2, 0.25) is 0 Å². The molecule has 2 heterocycles. The Morgan fingerprint density at radius 1 is 1.63 bits per heavy atom. The largest absolute Gasteiger partial charge is 0.469 e. The summed E-state index contributed by atoms with van der Waals surface area (Å²) in [5, 5.41) is 2.07. The molecule has 5 heteroatoms. The van der Waals surface area contributed by atoms with Gasteiger partial charge in [0.15, 0.2) is 0 Å². The predicted octanol–water partition coefficient (Wildman–Crippen LogP) is 3.87. The van der Waals surface area contributed by atoms with Crippen LogP contribution in [0.15, 0.2) is 38.0 Å². The Morgan fingerprint density at radius 3 is 3.11 bits per heavy atom. The Bertz CT molecular complexity index is 578. The zero-order chi connectivity index (χ0) is 13.4. The summed E-state index contributed by atoms with van der Waals surface area (Å²) in [5.41, 5.74) is 1.17. The number of hydrogen-bond acceptors (Lipinski definition) is 3. The number of amides is 1. The number of nitrogens with zero attached hydrogens (tertiary/aromatic N) is 1. The van der Waals surface area contributed by atoms with Gasteiger partial charge in [-0.05, 0) is 51.5 Å². The van der Waals surface area contributed by atoms with Crippen molar-refractivity contribution in [2.45, 2.75) is 18.9 Å². The SMILES string of the molecule is CN(Cc1csc(Br)c1)C(=O)C1CC1c1ccco1. The van der Waals surface area contributed by atoms with Crippen molar-refractivity contribution in [2.75, 3.05) is 7.05 Å². The van der Waals surface area contributed by atoms with Crippen LogP contribution in [0.3, 0.4) is 0 Å². The molecule has 1 aliphatic carbocycles. The molecule has 0 spiro atoms. The van der Waals surface area contributed by atoms with Gasteiger partial charge in [-0.3, -0.25) is 4.79 Å². The van der Waals surface area contributed by atoms with E-state index in [2.05, 4.69) is 27.4 Å². The van der Waals surface area contributed by atoms with Crippen molar-refractivity contribution in [1.29, 1.82) is 0 Å². The van der Waals surface area contributed by atoms with Crippen molar-refractivity contribution >= 4 is 33.2 Å². The van der Waals surface area contributed by atoms with Gasteiger partial charge in [-0.25, -0.2) is 0 Å². The Hall–Kier alpha value is -1.07. The second kappa shape index (κ2) is 5.13. The number of rotatable bonds is 4. The third-order valence-corrected chi connectivity index (χ3v) is 4.99. The molecule has 2 aromatic rings. The molecule has 0 bridgehead atoms. The highest BCUT2D eigenvalue weighted by Gasteiger charge is 2.46. The second-order valence-electron chi connectivity index (χ2n) is 4.92. The molecule has 2 unspecified atom stereocenters. The lowest BCUT2D eigenvalue weighted by Gasteiger charge is -2.16. The topological polar surface area (TPSA) is 33.5 Å². The van der Waals surface area contributed by atoms with Crippen LogP contribution in [0, 0.1) is 5.92 Å². The number of halogens is 1. The monoisotopic (exact) mass is 339 g/mol. The minimum Gasteiger partial charge on any atom is -0.469 e. The zero-order valence-electron chi connectivity index (χ0n) is 10.5. The van der Waals surface area contributed by atoms with Crippen LogP contribution in [-0.2, 0) is 11.3 Å². The first-order chi connectivity index (χ1) is 9.15. The van der Waals surface area contributed by atoms with Gasteiger partial charge in [0.05, 0.1) is 10.0 Å². The van der Waals surface area contributed by atoms with Gasteiger partial charge in [-0.2, -0.15) is 0 Å². The van der Waals surface area contributed by atoms with Crippen molar-refractivity contribution in [2.24, 2.45) is 5.92 Å². The lowest BCUT2D eigenvalue weighted by molar-refractivity contribution is -0.131. The number of carbonyl (C=O) groups excluding carboxylic acids is 1. The average molecular weight is 340 g/mol. The Kier molecular flexibility index (Phi) is 3.50. The van der Waals surface area contributed by atoms with E-state index < -0.39 is 0 Å². The summed E-state index contributed by atoms with van der Waals surface area (Å²) in [5.74, 6) is 1.52. The molecule has 1 aliphatic rings. The maximum absolute atomic E-state index is 12.3. The number of furan rings is 1. The van der Waals surface area contributed by atoms with Crippen LogP contribution in [0.4, 0.5) is 0 Å². The van der Waals surface area contributed by atoms with E-state index in [1.807, 2.05) is 24.1 Å². The molecule has 1 amide bonds. The van der Waals surface area contributed by atoms with Gasteiger partial charge in [-0.15, -0.1) is 11.3 Å². The zero-order valence-corrected chi connectivity index (χ0v) is 12.9. The summed E-state index contributed by atoms with van der Waals surface area (Å²) in [6, 6.07) is 5.89. The van der Waals surface area contributed by atoms with Crippen LogP contribution in [0.5, 0.6) is 0 Å². The second-order valence-corrected chi connectivity index (χ2v) is 7.21. The fourth-order valence-corrected chi connectivity index (χ4v) is 3.55. The highest BCUT2D eigenvalue weighted by molar-refractivity contribution is 9.11. The molecular weight excluding hydrogens is 326 g/mol. The maximum Gasteiger partial charge on any atom is 0.226 e. The fourth-order valence-electron chi connectivity index (χ4n) is 2.35. The molecule has 1 saturated carbocycles. The molecule has 0 radical (unpaired) electrons. The van der Waals surface area contributed by atoms with Crippen LogP contribution in [0.1, 0.15) is 23.7 Å². The smallest absolute Gasteiger partial charge is 0.226 e. The summed E-state index contributed by atoms with van der Waals surface area (Å²) >= 11 is 5.08. The molecule has 3 rings (SSSR count). The Labute approximate surface area is 124 Å². The van der Waals surface area contributed by atoms with Gasteiger partial charge in [0, 0.05) is 25.4 Å². The number of hydrogen-bond donors (Lipinski definition) is 0. The molecule has 0 N–H and O–H groups in total. The molecule has 19 heavy (non-hydrogen) atoms. The summed E-state index contributed by atoms with van der Waals surface area (Å²) in [6.07, 6.45) is 2.58. The molecule has 3 nitrogen and oxygen atoms in total. The van der Waals surface area contributed by atoms with E-state index >= 15 is 0 Å². The van der Waals surface area contributed by atoms with E-state index in [9.17, 15) is 4.79 Å². The van der Waals surface area contributed by atoms with Gasteiger partial charge >= 0.3 is 0 Å². The van der Waals surface area contributed by atoms with Crippen LogP contribution >= 0.6 is 27.3 Å². The number of thiophene rings is 1. The average Bonchev–Trinajstić information content (AvgIpc) is 2.81. The van der Waals surface area contributed by atoms with Crippen LogP contribution < -0.4 is 0 Å². The molecule has 0 aliphatic heterocycles. The molecule has 1 fully saturated rings. The molecular formula is C14H14BrNO2S. The molecule has 0 saturated heterocycles. The normalized spacial score (nSPS) is 21.4. The van der Waals surface area contributed by atoms with Gasteiger partial charge in [0.2, 0.25) is 5.91 Å². The quantitative estimate of drug-likeness (QED) is 0.847. The standard InChI is InChI=1S/C14H14BrNO2S/c1-16(7-9-5-13(15)19-8-9)14(17)11-6-10(11)12-3-2-4-18-12/h2-5,8,10-11H,6-7H2,1H3. The van der Waals surface area contributed by atoms with E-state index in [1.54, 1.807) is 17.6 Å². The fraction of sp³-hybridized carbons (Fsp3) is 0.357. The van der Waals surface area contributed by atoms with Crippen molar-refractivity contribution in [3.05, 3.63) is 45.0 Å². The summed E-state index contributed by atoms with van der Waals surface area (Å²) in [6.45, 7) is 0.669. The van der Waals surface area contributed by atoms with E-state index in [-0.39, 0.29) is 17.7 Å². The van der Waals surface area contributed by atoms with E-state index in [0.29, 0.717) is 6.54 Å². The van der Waals surface area contributed by atoms with E-state index in [4.69, 9.17) is 4.42 Å². The first-order valence-corrected chi connectivity index (χ1v) is 7.83. The lowest BCUT2D eigenvalue weighted by atomic mass is 10.2. The van der Waals surface area contributed by atoms with Gasteiger partial charge in [0.25, 0.3) is 0 Å². The summed E-state index contributed by atoms with van der Waals surface area (Å²) in [4.78, 5) is 14.1. The third-order valence-electron chi connectivity index (χ3n) is 3.43. The number of carbonyl (C=O) groups is 1. The minimum absolute atomic E-state index is 0.0956. The molecule has 0 aromatic carbocycles. The van der Waals surface area contributed by atoms with Crippen molar-refractivity contribution < 1.29 is 9.21 Å². The van der Waals surface area contributed by atoms with Crippen LogP contribution in [-0.4, -0.2) is 17.9 Å². The summed E-state index contributed by atoms with van der Waals surface area (Å²) < 4.78 is 6.46. The maximum atomic E-state index is 12.3. The van der Waals surface area contributed by atoms with Gasteiger partial charge in [-0.1, -0.05) is 0 Å². The van der Waals surface area contributed by atoms with E-state index in [1.165, 1.54) is 5.56 Å². The molecule has 2 atom stereocenters. The summed E-state index contributed by atoms with van der Waals surface area (Å²) in [7, 11) is 1.87. The predicted molar refractivity (Wildman–Crippen MR) is 78.0 cm³/mol. The first kappa shape index (κ1) is 12.9. The highest BCUT2D eigenvalue weighted by Crippen LogP contribution is 2.48. The molecule has 100 valence electrons. The lowest BCUT2D eigenvalue weighted by Crippen LogP contribution is -2.27. The Morgan fingerprint density at radius 2 is 2.47 bits per heavy atom.